The average Bonchev–Trinajstić information content (AvgIpc) is 3.05. The summed E-state index contributed by atoms with van der Waals surface area (Å²) in [6.07, 6.45) is 0.403. The zero-order chi connectivity index (χ0) is 17.6. The SMILES string of the molecule is NC(=O)c1nc(Cc2ccc3c(c2)OCO3)c2c(N)c(Cl)ccc2n1. The molecule has 0 aliphatic carbocycles. The van der Waals surface area contributed by atoms with Gasteiger partial charge < -0.3 is 20.9 Å². The summed E-state index contributed by atoms with van der Waals surface area (Å²) in [6, 6.07) is 8.89. The minimum Gasteiger partial charge on any atom is -0.454 e. The lowest BCUT2D eigenvalue weighted by molar-refractivity contribution is 0.0990. The molecule has 1 aliphatic heterocycles. The summed E-state index contributed by atoms with van der Waals surface area (Å²) >= 11 is 6.13. The van der Waals surface area contributed by atoms with Crippen molar-refractivity contribution < 1.29 is 14.3 Å². The molecule has 1 amide bonds. The summed E-state index contributed by atoms with van der Waals surface area (Å²) in [5.41, 5.74) is 13.8. The lowest BCUT2D eigenvalue weighted by Crippen LogP contribution is -2.17. The van der Waals surface area contributed by atoms with E-state index in [1.165, 1.54) is 0 Å². The lowest BCUT2D eigenvalue weighted by Gasteiger charge is -2.11. The van der Waals surface area contributed by atoms with E-state index in [4.69, 9.17) is 32.5 Å². The Morgan fingerprint density at radius 3 is 2.76 bits per heavy atom. The molecule has 0 spiro atoms. The molecular formula is C17H13ClN4O3. The van der Waals surface area contributed by atoms with Crippen molar-refractivity contribution in [3.05, 3.63) is 52.4 Å². The normalized spacial score (nSPS) is 12.5. The molecule has 0 saturated heterocycles. The van der Waals surface area contributed by atoms with Gasteiger partial charge in [-0.2, -0.15) is 0 Å². The van der Waals surface area contributed by atoms with Gasteiger partial charge in [0.25, 0.3) is 5.91 Å². The van der Waals surface area contributed by atoms with Crippen LogP contribution in [0.15, 0.2) is 30.3 Å². The highest BCUT2D eigenvalue weighted by Crippen LogP contribution is 2.35. The van der Waals surface area contributed by atoms with Gasteiger partial charge in [-0.25, -0.2) is 9.97 Å². The number of nitrogens with two attached hydrogens (primary N) is 2. The number of aromatic nitrogens is 2. The van der Waals surface area contributed by atoms with Gasteiger partial charge in [0.15, 0.2) is 11.5 Å². The van der Waals surface area contributed by atoms with E-state index in [1.54, 1.807) is 12.1 Å². The van der Waals surface area contributed by atoms with E-state index in [0.717, 1.165) is 5.56 Å². The lowest BCUT2D eigenvalue weighted by atomic mass is 10.0. The molecule has 4 N–H and O–H groups in total. The third-order valence-electron chi connectivity index (χ3n) is 3.96. The number of ether oxygens (including phenoxy) is 2. The summed E-state index contributed by atoms with van der Waals surface area (Å²) in [5, 5.41) is 1.00. The summed E-state index contributed by atoms with van der Waals surface area (Å²) in [4.78, 5) is 20.0. The molecule has 4 rings (SSSR count). The number of hydrogen-bond acceptors (Lipinski definition) is 6. The standard InChI is InChI=1S/C17H13ClN4O3/c18-9-2-3-10-14(15(9)19)11(22-17(21-10)16(20)23)5-8-1-4-12-13(6-8)25-7-24-12/h1-4,6H,5,7,19H2,(H2,20,23). The number of carbonyl (C=O) groups is 1. The predicted octanol–water partition coefficient (Wildman–Crippen LogP) is 2.28. The van der Waals surface area contributed by atoms with Crippen LogP contribution in [0.2, 0.25) is 5.02 Å². The topological polar surface area (TPSA) is 113 Å². The zero-order valence-electron chi connectivity index (χ0n) is 13.0. The molecule has 126 valence electrons. The third kappa shape index (κ3) is 2.68. The fraction of sp³-hybridized carbons (Fsp3) is 0.118. The first-order valence-electron chi connectivity index (χ1n) is 7.46. The summed E-state index contributed by atoms with van der Waals surface area (Å²) in [6.45, 7) is 0.198. The van der Waals surface area contributed by atoms with E-state index >= 15 is 0 Å². The van der Waals surface area contributed by atoms with Crippen LogP contribution in [0.5, 0.6) is 11.5 Å². The summed E-state index contributed by atoms with van der Waals surface area (Å²) in [5.74, 6) is 0.584. The first kappa shape index (κ1) is 15.5. The third-order valence-corrected chi connectivity index (χ3v) is 4.28. The number of nitrogen functional groups attached to an aromatic ring is 1. The number of anilines is 1. The van der Waals surface area contributed by atoms with Crippen LogP contribution in [0.3, 0.4) is 0 Å². The monoisotopic (exact) mass is 356 g/mol. The summed E-state index contributed by atoms with van der Waals surface area (Å²) < 4.78 is 10.7. The van der Waals surface area contributed by atoms with Gasteiger partial charge in [-0.1, -0.05) is 17.7 Å². The van der Waals surface area contributed by atoms with Crippen LogP contribution in [0.1, 0.15) is 21.9 Å². The molecule has 25 heavy (non-hydrogen) atoms. The molecule has 0 unspecified atom stereocenters. The molecule has 8 heteroatoms. The molecule has 2 aromatic carbocycles. The Kier molecular flexibility index (Phi) is 3.58. The minimum absolute atomic E-state index is 0.0648. The van der Waals surface area contributed by atoms with Crippen molar-refractivity contribution in [2.75, 3.05) is 12.5 Å². The molecule has 2 heterocycles. The van der Waals surface area contributed by atoms with Crippen LogP contribution in [-0.4, -0.2) is 22.7 Å². The van der Waals surface area contributed by atoms with E-state index < -0.39 is 5.91 Å². The molecule has 3 aromatic rings. The molecule has 1 aliphatic rings. The molecule has 0 atom stereocenters. The van der Waals surface area contributed by atoms with Crippen LogP contribution in [-0.2, 0) is 6.42 Å². The molecule has 0 fully saturated rings. The Hall–Kier alpha value is -3.06. The first-order valence-corrected chi connectivity index (χ1v) is 7.83. The second kappa shape index (κ2) is 5.78. The van der Waals surface area contributed by atoms with E-state index in [0.29, 0.717) is 45.2 Å². The van der Waals surface area contributed by atoms with Crippen molar-refractivity contribution in [3.8, 4) is 11.5 Å². The van der Waals surface area contributed by atoms with Crippen LogP contribution in [0, 0.1) is 0 Å². The maximum absolute atomic E-state index is 11.6. The highest BCUT2D eigenvalue weighted by molar-refractivity contribution is 6.34. The Labute approximate surface area is 147 Å². The number of benzene rings is 2. The van der Waals surface area contributed by atoms with Crippen molar-refractivity contribution in [2.45, 2.75) is 6.42 Å². The first-order chi connectivity index (χ1) is 12.0. The van der Waals surface area contributed by atoms with E-state index in [1.807, 2.05) is 18.2 Å². The molecule has 1 aromatic heterocycles. The van der Waals surface area contributed by atoms with Gasteiger partial charge in [-0.15, -0.1) is 0 Å². The Balaban J connectivity index is 1.87. The van der Waals surface area contributed by atoms with Crippen LogP contribution in [0.4, 0.5) is 5.69 Å². The van der Waals surface area contributed by atoms with Crippen LogP contribution >= 0.6 is 11.6 Å². The molecule has 0 bridgehead atoms. The molecule has 7 nitrogen and oxygen atoms in total. The highest BCUT2D eigenvalue weighted by Gasteiger charge is 2.18. The van der Waals surface area contributed by atoms with Gasteiger partial charge >= 0.3 is 0 Å². The number of amides is 1. The number of carbonyl (C=O) groups excluding carboxylic acids is 1. The average molecular weight is 357 g/mol. The predicted molar refractivity (Wildman–Crippen MR) is 92.8 cm³/mol. The number of primary amides is 1. The number of nitrogens with zero attached hydrogens (tertiary/aromatic N) is 2. The number of hydrogen-bond donors (Lipinski definition) is 2. The fourth-order valence-electron chi connectivity index (χ4n) is 2.78. The van der Waals surface area contributed by atoms with Gasteiger partial charge in [0, 0.05) is 11.8 Å². The second-order valence-electron chi connectivity index (χ2n) is 5.58. The number of fused-ring (bicyclic) bond motifs is 2. The second-order valence-corrected chi connectivity index (χ2v) is 5.98. The van der Waals surface area contributed by atoms with Gasteiger partial charge in [0.05, 0.1) is 21.9 Å². The van der Waals surface area contributed by atoms with Crippen molar-refractivity contribution in [1.29, 1.82) is 0 Å². The number of halogens is 1. The fourth-order valence-corrected chi connectivity index (χ4v) is 2.94. The maximum Gasteiger partial charge on any atom is 0.286 e. The smallest absolute Gasteiger partial charge is 0.286 e. The quantitative estimate of drug-likeness (QED) is 0.696. The van der Waals surface area contributed by atoms with Crippen molar-refractivity contribution in [1.82, 2.24) is 9.97 Å². The maximum atomic E-state index is 11.6. The van der Waals surface area contributed by atoms with Crippen molar-refractivity contribution >= 4 is 34.1 Å². The zero-order valence-corrected chi connectivity index (χ0v) is 13.7. The molecule has 0 radical (unpaired) electrons. The minimum atomic E-state index is -0.706. The van der Waals surface area contributed by atoms with E-state index in [9.17, 15) is 4.79 Å². The highest BCUT2D eigenvalue weighted by atomic mass is 35.5. The molecule has 0 saturated carbocycles. The Morgan fingerprint density at radius 2 is 1.96 bits per heavy atom. The van der Waals surface area contributed by atoms with Gasteiger partial charge in [-0.3, -0.25) is 4.79 Å². The van der Waals surface area contributed by atoms with Gasteiger partial charge in [0.1, 0.15) is 0 Å². The van der Waals surface area contributed by atoms with Crippen molar-refractivity contribution in [2.24, 2.45) is 5.73 Å². The van der Waals surface area contributed by atoms with Crippen LogP contribution in [0.25, 0.3) is 10.9 Å². The molecular weight excluding hydrogens is 344 g/mol. The Morgan fingerprint density at radius 1 is 1.16 bits per heavy atom. The summed E-state index contributed by atoms with van der Waals surface area (Å²) in [7, 11) is 0. The number of rotatable bonds is 3. The largest absolute Gasteiger partial charge is 0.454 e. The van der Waals surface area contributed by atoms with Crippen LogP contribution < -0.4 is 20.9 Å². The van der Waals surface area contributed by atoms with Crippen molar-refractivity contribution in [3.63, 3.8) is 0 Å². The van der Waals surface area contributed by atoms with Gasteiger partial charge in [-0.05, 0) is 29.8 Å². The van der Waals surface area contributed by atoms with Gasteiger partial charge in [0.2, 0.25) is 12.6 Å². The van der Waals surface area contributed by atoms with E-state index in [2.05, 4.69) is 9.97 Å². The Bertz CT molecular complexity index is 1020. The van der Waals surface area contributed by atoms with E-state index in [-0.39, 0.29) is 12.6 Å².